The molecule has 6 rings (SSSR count). The van der Waals surface area contributed by atoms with Gasteiger partial charge in [0.1, 0.15) is 0 Å². The molecule has 0 unspecified atom stereocenters. The number of fused-ring (bicyclic) bond motifs is 2. The summed E-state index contributed by atoms with van der Waals surface area (Å²) in [5.74, 6) is 0. The normalized spacial score (nSPS) is 11.1. The molecule has 41 heavy (non-hydrogen) atoms. The van der Waals surface area contributed by atoms with Crippen molar-refractivity contribution in [3.8, 4) is 22.3 Å². The monoisotopic (exact) mass is 576 g/mol. The minimum atomic E-state index is -0.410. The van der Waals surface area contributed by atoms with Gasteiger partial charge in [-0.15, -0.1) is 0 Å². The van der Waals surface area contributed by atoms with Crippen LogP contribution >= 0.6 is 24.1 Å². The summed E-state index contributed by atoms with van der Waals surface area (Å²) < 4.78 is 6.29. The first-order chi connectivity index (χ1) is 20.0. The Labute approximate surface area is 243 Å². The van der Waals surface area contributed by atoms with E-state index in [0.717, 1.165) is 53.6 Å². The van der Waals surface area contributed by atoms with E-state index >= 15 is 0 Å². The zero-order chi connectivity index (χ0) is 28.3. The van der Waals surface area contributed by atoms with Crippen LogP contribution in [0.4, 0.5) is 11.4 Å². The lowest BCUT2D eigenvalue weighted by Crippen LogP contribution is -1.90. The van der Waals surface area contributed by atoms with Gasteiger partial charge in [0.05, 0.1) is 19.6 Å². The summed E-state index contributed by atoms with van der Waals surface area (Å²) in [5.41, 5.74) is 3.55. The molecule has 0 radical (unpaired) electrons. The predicted octanol–water partition coefficient (Wildman–Crippen LogP) is 9.87. The number of benzene rings is 6. The third-order valence-electron chi connectivity index (χ3n) is 6.77. The van der Waals surface area contributed by atoms with Crippen LogP contribution in [0.5, 0.6) is 0 Å². The smallest absolute Gasteiger partial charge is 0.258 e. The molecule has 0 saturated heterocycles. The number of nitrogens with zero attached hydrogens (tertiary/aromatic N) is 2. The maximum Gasteiger partial charge on any atom is 0.269 e. The molecule has 0 amide bonds. The molecule has 0 aliphatic rings. The van der Waals surface area contributed by atoms with E-state index in [0.29, 0.717) is 0 Å². The van der Waals surface area contributed by atoms with Crippen LogP contribution in [-0.2, 0) is 3.63 Å². The molecule has 6 aromatic rings. The highest BCUT2D eigenvalue weighted by Crippen LogP contribution is 2.44. The van der Waals surface area contributed by atoms with Gasteiger partial charge in [0.15, 0.2) is 0 Å². The highest BCUT2D eigenvalue weighted by molar-refractivity contribution is 8.08. The van der Waals surface area contributed by atoms with Crippen molar-refractivity contribution < 1.29 is 13.5 Å². The SMILES string of the molecule is O=[N+]([O-])c1ccc(-c2ccc3ccccc3c2SOSc2c(-c3ccc([N+](=O)[O-])cc3)ccc3ccccc23)cc1. The molecule has 0 aromatic heterocycles. The zero-order valence-electron chi connectivity index (χ0n) is 21.3. The van der Waals surface area contributed by atoms with Gasteiger partial charge in [-0.2, -0.15) is 0 Å². The standard InChI is InChI=1S/C32H20N2O5S2/c35-33(36)25-15-9-23(10-16-25)29-19-13-21-5-1-3-7-27(21)31(29)40-39-41-32-28-8-4-2-6-22(28)14-20-30(32)24-11-17-26(18-12-24)34(37)38/h1-20H. The van der Waals surface area contributed by atoms with Crippen LogP contribution in [0.2, 0.25) is 0 Å². The Balaban J connectivity index is 1.38. The molecule has 0 spiro atoms. The Hall–Kier alpha value is -4.70. The highest BCUT2D eigenvalue weighted by atomic mass is 32.2. The fraction of sp³-hybridized carbons (Fsp3) is 0. The van der Waals surface area contributed by atoms with E-state index in [2.05, 4.69) is 0 Å². The second-order valence-corrected chi connectivity index (χ2v) is 10.9. The predicted molar refractivity (Wildman–Crippen MR) is 165 cm³/mol. The van der Waals surface area contributed by atoms with Crippen molar-refractivity contribution in [3.63, 3.8) is 0 Å². The Bertz CT molecular complexity index is 1790. The van der Waals surface area contributed by atoms with Crippen LogP contribution in [0.3, 0.4) is 0 Å². The molecule has 0 atom stereocenters. The Morgan fingerprint density at radius 3 is 1.27 bits per heavy atom. The summed E-state index contributed by atoms with van der Waals surface area (Å²) >= 11 is 2.47. The van der Waals surface area contributed by atoms with Crippen molar-refractivity contribution in [3.05, 3.63) is 142 Å². The van der Waals surface area contributed by atoms with Crippen LogP contribution in [-0.4, -0.2) is 9.85 Å². The number of hydrogen-bond acceptors (Lipinski definition) is 7. The third kappa shape index (κ3) is 5.38. The van der Waals surface area contributed by atoms with E-state index in [1.165, 1.54) is 48.4 Å². The lowest BCUT2D eigenvalue weighted by atomic mass is 10.0. The van der Waals surface area contributed by atoms with E-state index in [1.807, 2.05) is 72.8 Å². The van der Waals surface area contributed by atoms with E-state index < -0.39 is 9.85 Å². The summed E-state index contributed by atoms with van der Waals surface area (Å²) in [6, 6.07) is 37.1. The molecular formula is C32H20N2O5S2. The summed E-state index contributed by atoms with van der Waals surface area (Å²) in [6.07, 6.45) is 0. The van der Waals surface area contributed by atoms with Crippen molar-refractivity contribution in [1.29, 1.82) is 0 Å². The minimum absolute atomic E-state index is 0.0327. The molecule has 0 aliphatic carbocycles. The van der Waals surface area contributed by atoms with Gasteiger partial charge in [0.25, 0.3) is 11.4 Å². The largest absolute Gasteiger partial charge is 0.269 e. The molecule has 0 N–H and O–H groups in total. The van der Waals surface area contributed by atoms with Crippen molar-refractivity contribution >= 4 is 57.0 Å². The first-order valence-electron chi connectivity index (χ1n) is 12.5. The van der Waals surface area contributed by atoms with Gasteiger partial charge in [-0.1, -0.05) is 72.8 Å². The van der Waals surface area contributed by atoms with Gasteiger partial charge in [-0.05, 0) is 68.1 Å². The highest BCUT2D eigenvalue weighted by Gasteiger charge is 2.17. The molecule has 200 valence electrons. The number of hydrogen-bond donors (Lipinski definition) is 0. The molecule has 0 bridgehead atoms. The van der Waals surface area contributed by atoms with Gasteiger partial charge in [0, 0.05) is 48.4 Å². The molecule has 7 nitrogen and oxygen atoms in total. The first-order valence-corrected chi connectivity index (χ1v) is 14.0. The second kappa shape index (κ2) is 11.4. The van der Waals surface area contributed by atoms with Gasteiger partial charge >= 0.3 is 0 Å². The van der Waals surface area contributed by atoms with E-state index in [9.17, 15) is 20.2 Å². The zero-order valence-corrected chi connectivity index (χ0v) is 22.9. The van der Waals surface area contributed by atoms with Gasteiger partial charge in [-0.25, -0.2) is 3.63 Å². The van der Waals surface area contributed by atoms with Crippen molar-refractivity contribution in [2.24, 2.45) is 0 Å². The van der Waals surface area contributed by atoms with E-state index in [1.54, 1.807) is 24.3 Å². The Morgan fingerprint density at radius 1 is 0.488 bits per heavy atom. The number of nitro benzene ring substituents is 2. The van der Waals surface area contributed by atoms with Crippen molar-refractivity contribution in [2.45, 2.75) is 9.79 Å². The lowest BCUT2D eigenvalue weighted by Gasteiger charge is -2.15. The quantitative estimate of drug-likeness (QED) is 0.101. The lowest BCUT2D eigenvalue weighted by molar-refractivity contribution is -0.385. The Morgan fingerprint density at radius 2 is 0.878 bits per heavy atom. The second-order valence-electron chi connectivity index (χ2n) is 9.17. The average Bonchev–Trinajstić information content (AvgIpc) is 3.01. The number of non-ortho nitro benzene ring substituents is 2. The van der Waals surface area contributed by atoms with Crippen LogP contribution in [0.15, 0.2) is 131 Å². The van der Waals surface area contributed by atoms with Crippen LogP contribution < -0.4 is 0 Å². The maximum absolute atomic E-state index is 11.2. The molecule has 0 fully saturated rings. The molecule has 0 heterocycles. The number of rotatable bonds is 8. The topological polar surface area (TPSA) is 95.5 Å². The van der Waals surface area contributed by atoms with Gasteiger partial charge in [0.2, 0.25) is 0 Å². The fourth-order valence-electron chi connectivity index (χ4n) is 4.73. The summed E-state index contributed by atoms with van der Waals surface area (Å²) in [5, 5.41) is 26.5. The Kier molecular flexibility index (Phi) is 7.39. The fourth-order valence-corrected chi connectivity index (χ4v) is 6.51. The average molecular weight is 577 g/mol. The molecule has 0 saturated carbocycles. The van der Waals surface area contributed by atoms with Gasteiger partial charge in [-0.3, -0.25) is 20.2 Å². The van der Waals surface area contributed by atoms with E-state index in [4.69, 9.17) is 3.63 Å². The van der Waals surface area contributed by atoms with Crippen LogP contribution in [0.1, 0.15) is 0 Å². The minimum Gasteiger partial charge on any atom is -0.258 e. The van der Waals surface area contributed by atoms with Crippen molar-refractivity contribution in [1.82, 2.24) is 0 Å². The van der Waals surface area contributed by atoms with Crippen LogP contribution in [0.25, 0.3) is 43.8 Å². The number of nitro groups is 2. The first kappa shape index (κ1) is 26.5. The summed E-state index contributed by atoms with van der Waals surface area (Å²) in [7, 11) is 0. The maximum atomic E-state index is 11.2. The molecule has 0 aliphatic heterocycles. The molecule has 6 aromatic carbocycles. The van der Waals surface area contributed by atoms with Gasteiger partial charge < -0.3 is 0 Å². The van der Waals surface area contributed by atoms with Crippen molar-refractivity contribution in [2.75, 3.05) is 0 Å². The summed E-state index contributed by atoms with van der Waals surface area (Å²) in [6.45, 7) is 0. The van der Waals surface area contributed by atoms with Crippen LogP contribution in [0, 0.1) is 20.2 Å². The molecular weight excluding hydrogens is 556 g/mol. The molecule has 9 heteroatoms. The third-order valence-corrected chi connectivity index (χ3v) is 8.53. The van der Waals surface area contributed by atoms with E-state index in [-0.39, 0.29) is 11.4 Å². The summed E-state index contributed by atoms with van der Waals surface area (Å²) in [4.78, 5) is 23.3.